The van der Waals surface area contributed by atoms with Crippen molar-refractivity contribution in [3.63, 3.8) is 0 Å². The van der Waals surface area contributed by atoms with Crippen LogP contribution in [0.3, 0.4) is 0 Å². The van der Waals surface area contributed by atoms with Crippen molar-refractivity contribution in [1.82, 2.24) is 9.88 Å². The number of thiazole rings is 1. The fourth-order valence-electron chi connectivity index (χ4n) is 2.73. The summed E-state index contributed by atoms with van der Waals surface area (Å²) in [6.45, 7) is 9.27. The van der Waals surface area contributed by atoms with Gasteiger partial charge < -0.3 is 9.80 Å². The van der Waals surface area contributed by atoms with E-state index in [2.05, 4.69) is 49.0 Å². The first kappa shape index (κ1) is 18.9. The molecule has 0 atom stereocenters. The topological polar surface area (TPSA) is 60.2 Å². The van der Waals surface area contributed by atoms with Gasteiger partial charge in [-0.3, -0.25) is 4.79 Å². The van der Waals surface area contributed by atoms with Gasteiger partial charge in [-0.05, 0) is 18.2 Å². The maximum absolute atomic E-state index is 12.4. The number of hydrogen-bond donors (Lipinski definition) is 0. The lowest BCUT2D eigenvalue weighted by molar-refractivity contribution is -0.125. The van der Waals surface area contributed by atoms with Gasteiger partial charge >= 0.3 is 0 Å². The molecule has 0 N–H and O–H groups in total. The summed E-state index contributed by atoms with van der Waals surface area (Å²) in [4.78, 5) is 21.1. The molecule has 1 saturated heterocycles. The van der Waals surface area contributed by atoms with E-state index in [4.69, 9.17) is 10.2 Å². The summed E-state index contributed by atoms with van der Waals surface area (Å²) in [6.07, 6.45) is 0. The lowest BCUT2D eigenvalue weighted by Gasteiger charge is -2.33. The summed E-state index contributed by atoms with van der Waals surface area (Å²) in [7, 11) is 0. The summed E-state index contributed by atoms with van der Waals surface area (Å²) in [5, 5.41) is 12.1. The molecular formula is C21H22N4OS. The first-order valence-electron chi connectivity index (χ1n) is 8.89. The van der Waals surface area contributed by atoms with Crippen molar-refractivity contribution in [3.8, 4) is 17.9 Å². The molecule has 3 rings (SSSR count). The van der Waals surface area contributed by atoms with Gasteiger partial charge in [0, 0.05) is 48.5 Å². The Morgan fingerprint density at radius 3 is 2.52 bits per heavy atom. The molecule has 1 amide bonds. The molecule has 1 aliphatic heterocycles. The second-order valence-electron chi connectivity index (χ2n) is 7.49. The monoisotopic (exact) mass is 378 g/mol. The van der Waals surface area contributed by atoms with Crippen molar-refractivity contribution >= 4 is 22.4 Å². The van der Waals surface area contributed by atoms with E-state index in [0.717, 1.165) is 23.9 Å². The van der Waals surface area contributed by atoms with Crippen LogP contribution in [0.4, 0.5) is 5.13 Å². The summed E-state index contributed by atoms with van der Waals surface area (Å²) in [5.41, 5.74) is 2.37. The van der Waals surface area contributed by atoms with Crippen molar-refractivity contribution in [2.75, 3.05) is 31.1 Å². The average Bonchev–Trinajstić information content (AvgIpc) is 3.17. The van der Waals surface area contributed by atoms with Crippen LogP contribution >= 0.6 is 11.3 Å². The standard InChI is InChI=1S/C21H22N4OS/c1-21(2,3)18-15-27-20(23-18)25-11-9-24(10-12-25)19(26)8-7-16-5-4-6-17(13-16)14-22/h4-6,13,15H,9-12H2,1-3H3. The molecule has 6 heteroatoms. The summed E-state index contributed by atoms with van der Waals surface area (Å²) >= 11 is 1.66. The van der Waals surface area contributed by atoms with Crippen molar-refractivity contribution in [2.45, 2.75) is 26.2 Å². The Morgan fingerprint density at radius 2 is 1.89 bits per heavy atom. The second kappa shape index (κ2) is 7.82. The van der Waals surface area contributed by atoms with Gasteiger partial charge in [-0.1, -0.05) is 32.8 Å². The molecule has 0 spiro atoms. The van der Waals surface area contributed by atoms with Crippen LogP contribution in [0.5, 0.6) is 0 Å². The number of aromatic nitrogens is 1. The van der Waals surface area contributed by atoms with Gasteiger partial charge in [0.25, 0.3) is 5.91 Å². The van der Waals surface area contributed by atoms with Crippen LogP contribution in [0.15, 0.2) is 29.6 Å². The van der Waals surface area contributed by atoms with Crippen molar-refractivity contribution < 1.29 is 4.79 Å². The Hall–Kier alpha value is -2.83. The Morgan fingerprint density at radius 1 is 1.19 bits per heavy atom. The van der Waals surface area contributed by atoms with E-state index in [-0.39, 0.29) is 11.3 Å². The highest BCUT2D eigenvalue weighted by Crippen LogP contribution is 2.29. The molecule has 5 nitrogen and oxygen atoms in total. The molecule has 0 saturated carbocycles. The number of piperazine rings is 1. The summed E-state index contributed by atoms with van der Waals surface area (Å²) in [6, 6.07) is 9.05. The quantitative estimate of drug-likeness (QED) is 0.716. The van der Waals surface area contributed by atoms with Crippen molar-refractivity contribution in [2.24, 2.45) is 0 Å². The molecule has 1 fully saturated rings. The van der Waals surface area contributed by atoms with E-state index >= 15 is 0 Å². The number of amides is 1. The number of rotatable bonds is 1. The molecule has 0 aliphatic carbocycles. The third-order valence-electron chi connectivity index (χ3n) is 4.40. The molecule has 0 radical (unpaired) electrons. The number of carbonyl (C=O) groups excluding carboxylic acids is 1. The van der Waals surface area contributed by atoms with Gasteiger partial charge in [-0.25, -0.2) is 4.98 Å². The highest BCUT2D eigenvalue weighted by atomic mass is 32.1. The Labute approximate surface area is 164 Å². The molecular weight excluding hydrogens is 356 g/mol. The van der Waals surface area contributed by atoms with Gasteiger partial charge in [-0.2, -0.15) is 5.26 Å². The van der Waals surface area contributed by atoms with Crippen LogP contribution in [0, 0.1) is 23.2 Å². The predicted octanol–water partition coefficient (Wildman–Crippen LogP) is 3.01. The van der Waals surface area contributed by atoms with E-state index in [1.807, 2.05) is 0 Å². The number of nitrogens with zero attached hydrogens (tertiary/aromatic N) is 4. The fraction of sp³-hybridized carbons (Fsp3) is 0.381. The molecule has 27 heavy (non-hydrogen) atoms. The molecule has 1 aromatic carbocycles. The van der Waals surface area contributed by atoms with Crippen LogP contribution in [-0.2, 0) is 10.2 Å². The molecule has 1 aliphatic rings. The van der Waals surface area contributed by atoms with Crippen LogP contribution in [0.2, 0.25) is 0 Å². The molecule has 0 bridgehead atoms. The minimum Gasteiger partial charge on any atom is -0.345 e. The predicted molar refractivity (Wildman–Crippen MR) is 108 cm³/mol. The van der Waals surface area contributed by atoms with Gasteiger partial charge in [0.05, 0.1) is 17.3 Å². The number of carbonyl (C=O) groups is 1. The zero-order valence-electron chi connectivity index (χ0n) is 15.8. The minimum atomic E-state index is -0.175. The third kappa shape index (κ3) is 4.67. The SMILES string of the molecule is CC(C)(C)c1csc(N2CCN(C(=O)C#Cc3cccc(C#N)c3)CC2)n1. The van der Waals surface area contributed by atoms with E-state index in [1.54, 1.807) is 40.5 Å². The number of nitriles is 1. The van der Waals surface area contributed by atoms with Crippen LogP contribution in [-0.4, -0.2) is 42.0 Å². The number of benzene rings is 1. The highest BCUT2D eigenvalue weighted by molar-refractivity contribution is 7.13. The van der Waals surface area contributed by atoms with Gasteiger partial charge in [0.2, 0.25) is 0 Å². The molecule has 1 aromatic heterocycles. The molecule has 138 valence electrons. The van der Waals surface area contributed by atoms with Crippen LogP contribution < -0.4 is 4.90 Å². The van der Waals surface area contributed by atoms with E-state index < -0.39 is 0 Å². The normalized spacial score (nSPS) is 14.3. The van der Waals surface area contributed by atoms with Crippen LogP contribution in [0.25, 0.3) is 0 Å². The second-order valence-corrected chi connectivity index (χ2v) is 8.32. The number of anilines is 1. The first-order chi connectivity index (χ1) is 12.9. The summed E-state index contributed by atoms with van der Waals surface area (Å²) < 4.78 is 0. The highest BCUT2D eigenvalue weighted by Gasteiger charge is 2.24. The fourth-order valence-corrected chi connectivity index (χ4v) is 3.83. The smallest absolute Gasteiger partial charge is 0.298 e. The van der Waals surface area contributed by atoms with Gasteiger partial charge in [0.1, 0.15) is 0 Å². The summed E-state index contributed by atoms with van der Waals surface area (Å²) in [5.74, 6) is 5.38. The lowest BCUT2D eigenvalue weighted by atomic mass is 9.93. The van der Waals surface area contributed by atoms with E-state index in [1.165, 1.54) is 0 Å². The lowest BCUT2D eigenvalue weighted by Crippen LogP contribution is -2.48. The largest absolute Gasteiger partial charge is 0.345 e. The molecule has 0 unspecified atom stereocenters. The Balaban J connectivity index is 1.59. The third-order valence-corrected chi connectivity index (χ3v) is 5.30. The van der Waals surface area contributed by atoms with E-state index in [0.29, 0.717) is 24.2 Å². The Kier molecular flexibility index (Phi) is 5.48. The first-order valence-corrected chi connectivity index (χ1v) is 9.77. The molecule has 2 heterocycles. The van der Waals surface area contributed by atoms with Gasteiger partial charge in [-0.15, -0.1) is 11.3 Å². The van der Waals surface area contributed by atoms with Crippen molar-refractivity contribution in [1.29, 1.82) is 5.26 Å². The van der Waals surface area contributed by atoms with Gasteiger partial charge in [0.15, 0.2) is 5.13 Å². The van der Waals surface area contributed by atoms with Crippen molar-refractivity contribution in [3.05, 3.63) is 46.5 Å². The average molecular weight is 379 g/mol. The zero-order chi connectivity index (χ0) is 19.4. The Bertz CT molecular complexity index is 931. The zero-order valence-corrected chi connectivity index (χ0v) is 16.6. The number of hydrogen-bond acceptors (Lipinski definition) is 5. The van der Waals surface area contributed by atoms with Crippen LogP contribution in [0.1, 0.15) is 37.6 Å². The molecule has 2 aromatic rings. The maximum Gasteiger partial charge on any atom is 0.298 e. The minimum absolute atomic E-state index is 0.0466. The van der Waals surface area contributed by atoms with E-state index in [9.17, 15) is 4.79 Å². The maximum atomic E-state index is 12.4.